The second kappa shape index (κ2) is 36.0. The van der Waals surface area contributed by atoms with Gasteiger partial charge in [0.25, 0.3) is 0 Å². The molecule has 0 aliphatic carbocycles. The van der Waals surface area contributed by atoms with Crippen molar-refractivity contribution in [1.82, 2.24) is 0 Å². The van der Waals surface area contributed by atoms with E-state index < -0.39 is 5.97 Å². The van der Waals surface area contributed by atoms with Crippen LogP contribution >= 0.6 is 0 Å². The van der Waals surface area contributed by atoms with E-state index in [-0.39, 0.29) is 62.5 Å². The molecule has 0 heterocycles. The Hall–Kier alpha value is -2.39. The lowest BCUT2D eigenvalue weighted by Crippen LogP contribution is -2.16. The number of hydrogen-bond donors (Lipinski definition) is 1. The number of rotatable bonds is 40. The lowest BCUT2D eigenvalue weighted by molar-refractivity contribution is -0.00160. The fourth-order valence-corrected chi connectivity index (χ4v) is 3.73. The number of carboxylic acids is 1. The monoisotopic (exact) mass is 740 g/mol. The first-order valence-corrected chi connectivity index (χ1v) is 17.1. The summed E-state index contributed by atoms with van der Waals surface area (Å²) in [6, 6.07) is 2.76. The Morgan fingerprint density at radius 2 is 0.627 bits per heavy atom. The predicted octanol–water partition coefficient (Wildman–Crippen LogP) is 1.61. The van der Waals surface area contributed by atoms with Gasteiger partial charge >= 0.3 is 5.97 Å². The van der Waals surface area contributed by atoms with Crippen LogP contribution in [0.3, 0.4) is 0 Å². The van der Waals surface area contributed by atoms with Crippen LogP contribution in [0.1, 0.15) is 10.4 Å². The lowest BCUT2D eigenvalue weighted by Gasteiger charge is -2.18. The van der Waals surface area contributed by atoms with Gasteiger partial charge in [-0.2, -0.15) is 0 Å². The highest BCUT2D eigenvalue weighted by Gasteiger charge is 2.19. The molecule has 17 heteroatoms. The van der Waals surface area contributed by atoms with Crippen LogP contribution in [-0.2, 0) is 56.8 Å². The summed E-state index contributed by atoms with van der Waals surface area (Å²) in [5.74, 6) is -0.529. The van der Waals surface area contributed by atoms with Crippen LogP contribution in [0, 0.1) is 0 Å². The van der Waals surface area contributed by atoms with E-state index in [2.05, 4.69) is 0 Å². The quantitative estimate of drug-likeness (QED) is 0.0960. The first kappa shape index (κ1) is 46.6. The van der Waals surface area contributed by atoms with Crippen molar-refractivity contribution in [2.24, 2.45) is 0 Å². The van der Waals surface area contributed by atoms with E-state index in [0.29, 0.717) is 119 Å². The van der Waals surface area contributed by atoms with E-state index in [0.717, 1.165) is 0 Å². The third-order valence-corrected chi connectivity index (χ3v) is 6.24. The number of ether oxygens (including phenoxy) is 15. The molecule has 0 bridgehead atoms. The van der Waals surface area contributed by atoms with E-state index in [1.165, 1.54) is 12.1 Å². The van der Waals surface area contributed by atoms with Gasteiger partial charge in [-0.05, 0) is 12.1 Å². The Morgan fingerprint density at radius 3 is 0.882 bits per heavy atom. The Kier molecular flexibility index (Phi) is 32.9. The second-order valence-corrected chi connectivity index (χ2v) is 10.1. The van der Waals surface area contributed by atoms with Crippen LogP contribution in [0.2, 0.25) is 0 Å². The highest BCUT2D eigenvalue weighted by Crippen LogP contribution is 2.39. The summed E-state index contributed by atoms with van der Waals surface area (Å²) >= 11 is 0. The molecule has 298 valence electrons. The van der Waals surface area contributed by atoms with Crippen molar-refractivity contribution in [3.8, 4) is 17.2 Å². The van der Waals surface area contributed by atoms with Crippen LogP contribution in [0.15, 0.2) is 12.1 Å². The van der Waals surface area contributed by atoms with Gasteiger partial charge in [0.2, 0.25) is 5.75 Å². The molecule has 0 aromatic heterocycles. The highest BCUT2D eigenvalue weighted by molar-refractivity contribution is 5.89. The third kappa shape index (κ3) is 27.9. The number of carboxylic acid groups (broad SMARTS) is 1. The molecule has 0 unspecified atom stereocenters. The molecule has 0 amide bonds. The number of methoxy groups -OCH3 is 3. The SMILES string of the molecule is COCCOCCOCCOCCOc1cc(C(=O)O)cc(OCCOCCOCCOCCOC)c1OCCOCCOCCOCCOC. The average Bonchev–Trinajstić information content (AvgIpc) is 3.13. The van der Waals surface area contributed by atoms with Crippen LogP contribution in [0.4, 0.5) is 0 Å². The summed E-state index contributed by atoms with van der Waals surface area (Å²) in [6.45, 7) is 9.23. The largest absolute Gasteiger partial charge is 0.487 e. The molecular formula is C34H60O17. The third-order valence-electron chi connectivity index (χ3n) is 6.24. The molecule has 1 rings (SSSR count). The maximum atomic E-state index is 11.9. The Labute approximate surface area is 301 Å². The fourth-order valence-electron chi connectivity index (χ4n) is 3.73. The summed E-state index contributed by atoms with van der Waals surface area (Å²) in [5.41, 5.74) is -0.0315. The zero-order valence-corrected chi connectivity index (χ0v) is 30.6. The molecule has 0 radical (unpaired) electrons. The van der Waals surface area contributed by atoms with Crippen LogP contribution in [-0.4, -0.2) is 191 Å². The Bertz CT molecular complexity index is 874. The van der Waals surface area contributed by atoms with E-state index in [1.54, 1.807) is 21.3 Å². The van der Waals surface area contributed by atoms with Gasteiger partial charge in [0, 0.05) is 21.3 Å². The number of carbonyl (C=O) groups is 1. The van der Waals surface area contributed by atoms with Crippen molar-refractivity contribution in [1.29, 1.82) is 0 Å². The maximum absolute atomic E-state index is 11.9. The van der Waals surface area contributed by atoms with Gasteiger partial charge in [-0.15, -0.1) is 0 Å². The van der Waals surface area contributed by atoms with E-state index in [9.17, 15) is 9.90 Å². The van der Waals surface area contributed by atoms with Gasteiger partial charge in [-0.25, -0.2) is 4.79 Å². The van der Waals surface area contributed by atoms with E-state index >= 15 is 0 Å². The summed E-state index contributed by atoms with van der Waals surface area (Å²) in [6.07, 6.45) is 0. The molecule has 1 N–H and O–H groups in total. The smallest absolute Gasteiger partial charge is 0.335 e. The first-order valence-electron chi connectivity index (χ1n) is 17.1. The van der Waals surface area contributed by atoms with Crippen LogP contribution in [0.25, 0.3) is 0 Å². The van der Waals surface area contributed by atoms with Crippen molar-refractivity contribution in [3.63, 3.8) is 0 Å². The minimum atomic E-state index is -1.15. The standard InChI is InChI=1S/C34H60O17/c1-37-4-7-40-10-13-43-16-19-46-22-25-49-31-28-30(34(35)36)29-32(50-26-23-47-20-17-44-14-11-41-8-5-38-2)33(31)51-27-24-48-21-18-45-15-12-42-9-6-39-3/h28-29H,4-27H2,1-3H3,(H,35,36). The first-order chi connectivity index (χ1) is 25.1. The zero-order chi connectivity index (χ0) is 36.9. The van der Waals surface area contributed by atoms with Crippen molar-refractivity contribution in [2.45, 2.75) is 0 Å². The van der Waals surface area contributed by atoms with Gasteiger partial charge in [0.15, 0.2) is 11.5 Å². The van der Waals surface area contributed by atoms with Crippen molar-refractivity contribution in [3.05, 3.63) is 17.7 Å². The molecule has 1 aromatic carbocycles. The van der Waals surface area contributed by atoms with Gasteiger partial charge in [0.05, 0.1) is 144 Å². The molecule has 1 aromatic rings. The van der Waals surface area contributed by atoms with Gasteiger partial charge in [-0.3, -0.25) is 0 Å². The molecule has 0 aliphatic heterocycles. The van der Waals surface area contributed by atoms with Crippen molar-refractivity contribution in [2.75, 3.05) is 180 Å². The summed E-state index contributed by atoms with van der Waals surface area (Å²) < 4.78 is 81.9. The topological polar surface area (TPSA) is 176 Å². The highest BCUT2D eigenvalue weighted by atomic mass is 16.6. The van der Waals surface area contributed by atoms with Crippen LogP contribution in [0.5, 0.6) is 17.2 Å². The maximum Gasteiger partial charge on any atom is 0.335 e. The normalized spacial score (nSPS) is 11.3. The molecule has 51 heavy (non-hydrogen) atoms. The minimum Gasteiger partial charge on any atom is -0.487 e. The summed E-state index contributed by atoms with van der Waals surface area (Å²) in [4.78, 5) is 11.9. The number of benzene rings is 1. The lowest BCUT2D eigenvalue weighted by atomic mass is 10.2. The molecule has 0 aliphatic rings. The predicted molar refractivity (Wildman–Crippen MR) is 183 cm³/mol. The summed E-state index contributed by atoms with van der Waals surface area (Å²) in [7, 11) is 4.85. The van der Waals surface area contributed by atoms with Crippen molar-refractivity contribution >= 4 is 5.97 Å². The molecule has 0 atom stereocenters. The Morgan fingerprint density at radius 1 is 0.392 bits per heavy atom. The number of aromatic carboxylic acids is 1. The van der Waals surface area contributed by atoms with Crippen molar-refractivity contribution < 1.29 is 81.0 Å². The zero-order valence-electron chi connectivity index (χ0n) is 30.6. The van der Waals surface area contributed by atoms with Crippen LogP contribution < -0.4 is 14.2 Å². The molecule has 0 fully saturated rings. The fraction of sp³-hybridized carbons (Fsp3) is 0.794. The van der Waals surface area contributed by atoms with Gasteiger partial charge in [-0.1, -0.05) is 0 Å². The Balaban J connectivity index is 2.58. The molecule has 0 saturated heterocycles. The van der Waals surface area contributed by atoms with E-state index in [1.807, 2.05) is 0 Å². The minimum absolute atomic E-state index is 0.0315. The van der Waals surface area contributed by atoms with E-state index in [4.69, 9.17) is 71.1 Å². The molecule has 0 saturated carbocycles. The molecule has 17 nitrogen and oxygen atoms in total. The summed E-state index contributed by atoms with van der Waals surface area (Å²) in [5, 5.41) is 9.75. The molecular weight excluding hydrogens is 680 g/mol. The van der Waals surface area contributed by atoms with Gasteiger partial charge < -0.3 is 76.2 Å². The number of hydrogen-bond acceptors (Lipinski definition) is 16. The molecule has 0 spiro atoms. The average molecular weight is 741 g/mol. The van der Waals surface area contributed by atoms with Gasteiger partial charge in [0.1, 0.15) is 19.8 Å². The second-order valence-electron chi connectivity index (χ2n) is 10.1.